The fraction of sp³-hybridized carbons (Fsp3) is 0.500. The van der Waals surface area contributed by atoms with E-state index in [1.165, 1.54) is 10.4 Å². The van der Waals surface area contributed by atoms with E-state index in [0.29, 0.717) is 12.5 Å². The molecule has 1 heterocycles. The molecule has 1 amide bonds. The summed E-state index contributed by atoms with van der Waals surface area (Å²) in [7, 11) is -2.67. The minimum Gasteiger partial charge on any atom is -0.444 e. The van der Waals surface area contributed by atoms with Gasteiger partial charge in [-0.3, -0.25) is 4.90 Å². The van der Waals surface area contributed by atoms with Crippen molar-refractivity contribution in [1.82, 2.24) is 4.90 Å². The largest absolute Gasteiger partial charge is 0.444 e. The van der Waals surface area contributed by atoms with Crippen molar-refractivity contribution in [2.45, 2.75) is 83.5 Å². The molecule has 4 rings (SSSR count). The quantitative estimate of drug-likeness (QED) is 0.373. The lowest BCUT2D eigenvalue weighted by atomic mass is 10.2. The molecule has 0 radical (unpaired) electrons. The zero-order chi connectivity index (χ0) is 25.5. The van der Waals surface area contributed by atoms with Crippen LogP contribution < -0.4 is 10.4 Å². The number of hydrogen-bond acceptors (Lipinski definition) is 3. The molecule has 1 aliphatic heterocycles. The standard InChI is InChI=1S/C30H41NO3Si/c1-8-19-30-21-23(30)20-24(31(30)27(32)34-28(2,3)4)22-33-35(29(5,6)7,25-15-11-9-12-16-25)26-17-13-10-14-18-26/h8-19,23-24H,20-22H2,1-7H3/b19-8+/t23-,24+,30+/m0/s1. The highest BCUT2D eigenvalue weighted by atomic mass is 28.4. The molecule has 0 N–H and O–H groups in total. The van der Waals surface area contributed by atoms with Crippen LogP contribution in [0.2, 0.25) is 5.04 Å². The molecule has 188 valence electrons. The number of carbonyl (C=O) groups excluding carboxylic acids is 1. The van der Waals surface area contributed by atoms with Gasteiger partial charge in [-0.15, -0.1) is 0 Å². The lowest BCUT2D eigenvalue weighted by molar-refractivity contribution is 0.00713. The summed E-state index contributed by atoms with van der Waals surface area (Å²) in [5.74, 6) is 0.471. The van der Waals surface area contributed by atoms with Crippen molar-refractivity contribution >= 4 is 24.8 Å². The molecular weight excluding hydrogens is 450 g/mol. The molecule has 2 aromatic rings. The third-order valence-corrected chi connectivity index (χ3v) is 12.4. The maximum Gasteiger partial charge on any atom is 0.411 e. The van der Waals surface area contributed by atoms with E-state index in [4.69, 9.17) is 9.16 Å². The number of nitrogens with zero attached hydrogens (tertiary/aromatic N) is 1. The van der Waals surface area contributed by atoms with E-state index in [1.807, 2.05) is 32.6 Å². The molecule has 2 aliphatic rings. The van der Waals surface area contributed by atoms with E-state index >= 15 is 0 Å². The van der Waals surface area contributed by atoms with Crippen molar-refractivity contribution in [3.05, 3.63) is 72.8 Å². The first-order valence-electron chi connectivity index (χ1n) is 12.9. The number of ether oxygens (including phenoxy) is 1. The van der Waals surface area contributed by atoms with Gasteiger partial charge in [-0.05, 0) is 61.9 Å². The zero-order valence-corrected chi connectivity index (χ0v) is 23.4. The summed E-state index contributed by atoms with van der Waals surface area (Å²) >= 11 is 0. The number of hydrogen-bond donors (Lipinski definition) is 0. The van der Waals surface area contributed by atoms with Crippen LogP contribution in [-0.4, -0.2) is 43.1 Å². The molecule has 0 unspecified atom stereocenters. The van der Waals surface area contributed by atoms with E-state index in [0.717, 1.165) is 12.8 Å². The zero-order valence-electron chi connectivity index (χ0n) is 22.4. The van der Waals surface area contributed by atoms with Crippen LogP contribution >= 0.6 is 0 Å². The summed E-state index contributed by atoms with van der Waals surface area (Å²) in [6.45, 7) is 15.2. The first-order chi connectivity index (χ1) is 16.4. The molecule has 0 aromatic heterocycles. The average Bonchev–Trinajstić information content (AvgIpc) is 3.36. The number of carbonyl (C=O) groups is 1. The van der Waals surface area contributed by atoms with Gasteiger partial charge in [0, 0.05) is 0 Å². The molecule has 1 saturated carbocycles. The Hall–Kier alpha value is -2.37. The fourth-order valence-corrected chi connectivity index (χ4v) is 10.6. The monoisotopic (exact) mass is 491 g/mol. The first-order valence-corrected chi connectivity index (χ1v) is 14.8. The summed E-state index contributed by atoms with van der Waals surface area (Å²) in [5.41, 5.74) is -0.763. The van der Waals surface area contributed by atoms with Gasteiger partial charge in [0.1, 0.15) is 5.60 Å². The lowest BCUT2D eigenvalue weighted by Gasteiger charge is -2.44. The van der Waals surface area contributed by atoms with Crippen molar-refractivity contribution in [2.75, 3.05) is 6.61 Å². The van der Waals surface area contributed by atoms with Crippen molar-refractivity contribution in [2.24, 2.45) is 5.92 Å². The number of amides is 1. The number of rotatable bonds is 6. The molecule has 1 aliphatic carbocycles. The predicted octanol–water partition coefficient (Wildman–Crippen LogP) is 5.91. The van der Waals surface area contributed by atoms with Gasteiger partial charge in [-0.25, -0.2) is 4.79 Å². The van der Waals surface area contributed by atoms with Gasteiger partial charge in [0.05, 0.1) is 18.2 Å². The third kappa shape index (κ3) is 4.73. The maximum absolute atomic E-state index is 13.5. The predicted molar refractivity (Wildman–Crippen MR) is 146 cm³/mol. The summed E-state index contributed by atoms with van der Waals surface area (Å²) in [6.07, 6.45) is 5.99. The highest BCUT2D eigenvalue weighted by molar-refractivity contribution is 6.99. The van der Waals surface area contributed by atoms with Crippen LogP contribution in [0.3, 0.4) is 0 Å². The van der Waals surface area contributed by atoms with E-state index in [1.54, 1.807) is 0 Å². The van der Waals surface area contributed by atoms with Crippen molar-refractivity contribution in [1.29, 1.82) is 0 Å². The molecule has 3 atom stereocenters. The Kier molecular flexibility index (Phi) is 6.80. The third-order valence-electron chi connectivity index (χ3n) is 7.44. The lowest BCUT2D eigenvalue weighted by Crippen LogP contribution is -2.67. The van der Waals surface area contributed by atoms with Crippen LogP contribution in [-0.2, 0) is 9.16 Å². The van der Waals surface area contributed by atoms with Gasteiger partial charge >= 0.3 is 6.09 Å². The highest BCUT2D eigenvalue weighted by Gasteiger charge is 2.66. The number of benzene rings is 2. The van der Waals surface area contributed by atoms with E-state index in [-0.39, 0.29) is 22.7 Å². The highest BCUT2D eigenvalue weighted by Crippen LogP contribution is 2.59. The topological polar surface area (TPSA) is 38.8 Å². The molecule has 35 heavy (non-hydrogen) atoms. The van der Waals surface area contributed by atoms with Crippen LogP contribution in [0.5, 0.6) is 0 Å². The van der Waals surface area contributed by atoms with Crippen molar-refractivity contribution in [3.8, 4) is 0 Å². The van der Waals surface area contributed by atoms with Crippen molar-refractivity contribution in [3.63, 3.8) is 0 Å². The Morgan fingerprint density at radius 1 is 1.00 bits per heavy atom. The molecule has 4 nitrogen and oxygen atoms in total. The number of fused-ring (bicyclic) bond motifs is 1. The second kappa shape index (κ2) is 9.25. The van der Waals surface area contributed by atoms with Gasteiger partial charge in [0.15, 0.2) is 0 Å². The first kappa shape index (κ1) is 25.7. The van der Waals surface area contributed by atoms with Crippen LogP contribution in [0.15, 0.2) is 72.8 Å². The Morgan fingerprint density at radius 3 is 2.00 bits per heavy atom. The van der Waals surface area contributed by atoms with Crippen LogP contribution in [0.25, 0.3) is 0 Å². The Morgan fingerprint density at radius 2 is 1.54 bits per heavy atom. The number of likely N-dealkylation sites (tertiary alicyclic amines) is 1. The summed E-state index contributed by atoms with van der Waals surface area (Å²) in [4.78, 5) is 15.5. The summed E-state index contributed by atoms with van der Waals surface area (Å²) < 4.78 is 13.1. The van der Waals surface area contributed by atoms with Crippen molar-refractivity contribution < 1.29 is 14.0 Å². The van der Waals surface area contributed by atoms with Gasteiger partial charge < -0.3 is 9.16 Å². The van der Waals surface area contributed by atoms with Crippen LogP contribution in [0.1, 0.15) is 61.3 Å². The summed E-state index contributed by atoms with van der Waals surface area (Å²) in [5, 5.41) is 2.41. The van der Waals surface area contributed by atoms with E-state index in [2.05, 4.69) is 93.6 Å². The molecule has 0 spiro atoms. The van der Waals surface area contributed by atoms with Gasteiger partial charge in [-0.2, -0.15) is 0 Å². The SMILES string of the molecule is C/C=C/[C@@]12C[C@@H]1C[C@H](CO[Si](c1ccccc1)(c1ccccc1)C(C)(C)C)N2C(=O)OC(C)(C)C. The van der Waals surface area contributed by atoms with E-state index in [9.17, 15) is 4.79 Å². The molecular formula is C30H41NO3Si. The van der Waals surface area contributed by atoms with Crippen LogP contribution in [0.4, 0.5) is 4.79 Å². The molecule has 1 saturated heterocycles. The molecule has 2 aromatic carbocycles. The Labute approximate surface area is 212 Å². The summed E-state index contributed by atoms with van der Waals surface area (Å²) in [6, 6.07) is 21.4. The molecule has 0 bridgehead atoms. The average molecular weight is 492 g/mol. The second-order valence-electron chi connectivity index (χ2n) is 12.1. The van der Waals surface area contributed by atoms with E-state index < -0.39 is 13.9 Å². The Balaban J connectivity index is 1.71. The minimum absolute atomic E-state index is 0.0125. The molecule has 5 heteroatoms. The maximum atomic E-state index is 13.5. The van der Waals surface area contributed by atoms with Gasteiger partial charge in [0.2, 0.25) is 0 Å². The molecule has 2 fully saturated rings. The normalized spacial score (nSPS) is 24.5. The number of allylic oxidation sites excluding steroid dienone is 1. The minimum atomic E-state index is -2.67. The second-order valence-corrected chi connectivity index (χ2v) is 16.4. The Bertz CT molecular complexity index is 1020. The number of piperidine rings is 1. The fourth-order valence-electron chi connectivity index (χ4n) is 6.02. The van der Waals surface area contributed by atoms with Crippen LogP contribution in [0, 0.1) is 5.92 Å². The van der Waals surface area contributed by atoms with Gasteiger partial charge in [-0.1, -0.05) is 93.6 Å². The smallest absolute Gasteiger partial charge is 0.411 e. The van der Waals surface area contributed by atoms with Gasteiger partial charge in [0.25, 0.3) is 8.32 Å².